The Morgan fingerprint density at radius 1 is 1.55 bits per heavy atom. The topological polar surface area (TPSA) is 85.1 Å². The largest absolute Gasteiger partial charge is 0.298 e. The van der Waals surface area contributed by atoms with Crippen molar-refractivity contribution in [1.29, 1.82) is 0 Å². The molecule has 1 amide bonds. The summed E-state index contributed by atoms with van der Waals surface area (Å²) in [6.45, 7) is 0. The van der Waals surface area contributed by atoms with E-state index in [0.29, 0.717) is 11.8 Å². The molecule has 1 N–H and O–H groups in total. The molecule has 0 radical (unpaired) electrons. The number of benzene rings is 1. The smallest absolute Gasteiger partial charge is 0.285 e. The van der Waals surface area contributed by atoms with Crippen LogP contribution in [0.5, 0.6) is 0 Å². The van der Waals surface area contributed by atoms with Crippen LogP contribution in [-0.4, -0.2) is 15.8 Å². The number of hydrogen-bond acceptors (Lipinski definition) is 5. The molecule has 1 aromatic heterocycles. The number of nitrogens with zero attached hydrogens (tertiary/aromatic N) is 2. The monoisotopic (exact) mass is 315 g/mol. The van der Waals surface area contributed by atoms with E-state index >= 15 is 0 Å². The Morgan fingerprint density at radius 3 is 2.90 bits per heavy atom. The second kappa shape index (κ2) is 5.93. The van der Waals surface area contributed by atoms with Crippen molar-refractivity contribution in [2.24, 2.45) is 0 Å². The Kier molecular flexibility index (Phi) is 4.26. The Balaban J connectivity index is 2.27. The molecule has 0 atom stereocenters. The molecular weight excluding hydrogens is 309 g/mol. The van der Waals surface area contributed by atoms with E-state index in [9.17, 15) is 19.3 Å². The van der Waals surface area contributed by atoms with Crippen LogP contribution in [0, 0.1) is 15.9 Å². The zero-order valence-corrected chi connectivity index (χ0v) is 11.4. The van der Waals surface area contributed by atoms with Gasteiger partial charge in [0.05, 0.1) is 22.6 Å². The third kappa shape index (κ3) is 3.09. The normalized spacial score (nSPS) is 10.3. The number of anilines is 1. The molecule has 20 heavy (non-hydrogen) atoms. The number of carbonyl (C=O) groups excluding carboxylic acids is 1. The minimum absolute atomic E-state index is 0.197. The molecule has 9 heteroatoms. The van der Waals surface area contributed by atoms with Crippen LogP contribution in [0.2, 0.25) is 0 Å². The van der Waals surface area contributed by atoms with Crippen LogP contribution in [-0.2, 0) is 5.88 Å². The van der Waals surface area contributed by atoms with E-state index in [1.807, 2.05) is 0 Å². The molecule has 0 bridgehead atoms. The van der Waals surface area contributed by atoms with Gasteiger partial charge in [0, 0.05) is 5.38 Å². The van der Waals surface area contributed by atoms with Crippen molar-refractivity contribution in [3.63, 3.8) is 0 Å². The number of carbonyl (C=O) groups is 1. The van der Waals surface area contributed by atoms with Crippen LogP contribution < -0.4 is 5.32 Å². The highest BCUT2D eigenvalue weighted by Gasteiger charge is 2.21. The van der Waals surface area contributed by atoms with Gasteiger partial charge < -0.3 is 0 Å². The van der Waals surface area contributed by atoms with E-state index < -0.39 is 22.3 Å². The molecule has 0 saturated carbocycles. The first-order valence-corrected chi connectivity index (χ1v) is 6.68. The van der Waals surface area contributed by atoms with E-state index in [0.717, 1.165) is 23.5 Å². The van der Waals surface area contributed by atoms with Crippen LogP contribution in [0.25, 0.3) is 0 Å². The summed E-state index contributed by atoms with van der Waals surface area (Å²) in [6, 6.07) is 2.73. The molecule has 0 spiro atoms. The SMILES string of the molecule is O=C(Nc1nc(CCl)cs1)c1ccc(F)cc1[N+](=O)[O-]. The number of nitro groups is 1. The minimum Gasteiger partial charge on any atom is -0.298 e. The van der Waals surface area contributed by atoms with Gasteiger partial charge in [0.15, 0.2) is 5.13 Å². The lowest BCUT2D eigenvalue weighted by atomic mass is 10.1. The highest BCUT2D eigenvalue weighted by molar-refractivity contribution is 7.14. The van der Waals surface area contributed by atoms with Gasteiger partial charge >= 0.3 is 0 Å². The summed E-state index contributed by atoms with van der Waals surface area (Å²) in [5.41, 5.74) is -0.254. The van der Waals surface area contributed by atoms with Crippen molar-refractivity contribution in [2.45, 2.75) is 5.88 Å². The lowest BCUT2D eigenvalue weighted by Crippen LogP contribution is -2.14. The predicted octanol–water partition coefficient (Wildman–Crippen LogP) is 3.18. The third-order valence-electron chi connectivity index (χ3n) is 2.31. The highest BCUT2D eigenvalue weighted by atomic mass is 35.5. The number of nitro benzene ring substituents is 1. The molecular formula is C11H7ClFN3O3S. The number of aromatic nitrogens is 1. The fraction of sp³-hybridized carbons (Fsp3) is 0.0909. The summed E-state index contributed by atoms with van der Waals surface area (Å²) in [5.74, 6) is -1.32. The summed E-state index contributed by atoms with van der Waals surface area (Å²) in [5, 5.41) is 15.1. The Bertz CT molecular complexity index is 677. The maximum atomic E-state index is 13.0. The molecule has 104 valence electrons. The summed E-state index contributed by atoms with van der Waals surface area (Å²) < 4.78 is 13.0. The first kappa shape index (κ1) is 14.4. The molecule has 2 aromatic rings. The van der Waals surface area contributed by atoms with Gasteiger partial charge in [-0.1, -0.05) is 0 Å². The van der Waals surface area contributed by atoms with Gasteiger partial charge in [-0.25, -0.2) is 9.37 Å². The zero-order chi connectivity index (χ0) is 14.7. The summed E-state index contributed by atoms with van der Waals surface area (Å²) in [6.07, 6.45) is 0. The standard InChI is InChI=1S/C11H7ClFN3O3S/c12-4-7-5-20-11(14-7)15-10(17)8-2-1-6(13)3-9(8)16(18)19/h1-3,5H,4H2,(H,14,15,17). The van der Waals surface area contributed by atoms with Crippen molar-refractivity contribution in [1.82, 2.24) is 4.98 Å². The molecule has 0 fully saturated rings. The zero-order valence-electron chi connectivity index (χ0n) is 9.80. The van der Waals surface area contributed by atoms with E-state index in [1.165, 1.54) is 0 Å². The lowest BCUT2D eigenvalue weighted by molar-refractivity contribution is -0.385. The quantitative estimate of drug-likeness (QED) is 0.533. The van der Waals surface area contributed by atoms with Crippen LogP contribution in [0.15, 0.2) is 23.6 Å². The van der Waals surface area contributed by atoms with E-state index in [-0.39, 0.29) is 16.6 Å². The second-order valence-electron chi connectivity index (χ2n) is 3.65. The summed E-state index contributed by atoms with van der Waals surface area (Å²) in [4.78, 5) is 25.9. The maximum Gasteiger partial charge on any atom is 0.285 e. The number of nitrogens with one attached hydrogen (secondary N) is 1. The second-order valence-corrected chi connectivity index (χ2v) is 4.78. The van der Waals surface area contributed by atoms with Gasteiger partial charge in [0.25, 0.3) is 11.6 Å². The third-order valence-corrected chi connectivity index (χ3v) is 3.39. The molecule has 1 heterocycles. The molecule has 6 nitrogen and oxygen atoms in total. The highest BCUT2D eigenvalue weighted by Crippen LogP contribution is 2.22. The van der Waals surface area contributed by atoms with Crippen LogP contribution in [0.4, 0.5) is 15.2 Å². The molecule has 0 aliphatic rings. The average Bonchev–Trinajstić information content (AvgIpc) is 2.86. The molecule has 1 aromatic carbocycles. The molecule has 0 aliphatic heterocycles. The lowest BCUT2D eigenvalue weighted by Gasteiger charge is -2.03. The van der Waals surface area contributed by atoms with Gasteiger partial charge in [-0.05, 0) is 12.1 Å². The molecule has 0 aliphatic carbocycles. The van der Waals surface area contributed by atoms with E-state index in [4.69, 9.17) is 11.6 Å². The maximum absolute atomic E-state index is 13.0. The number of halogens is 2. The Labute approximate surface area is 121 Å². The van der Waals surface area contributed by atoms with Crippen LogP contribution >= 0.6 is 22.9 Å². The number of amides is 1. The van der Waals surface area contributed by atoms with Crippen LogP contribution in [0.3, 0.4) is 0 Å². The van der Waals surface area contributed by atoms with Crippen molar-refractivity contribution in [3.8, 4) is 0 Å². The van der Waals surface area contributed by atoms with Gasteiger partial charge in [-0.3, -0.25) is 20.2 Å². The fourth-order valence-corrected chi connectivity index (χ4v) is 2.37. The molecule has 0 saturated heterocycles. The first-order chi connectivity index (χ1) is 9.51. The number of thiazole rings is 1. The summed E-state index contributed by atoms with van der Waals surface area (Å²) >= 11 is 6.72. The van der Waals surface area contributed by atoms with Gasteiger partial charge in [0.1, 0.15) is 11.4 Å². The van der Waals surface area contributed by atoms with Gasteiger partial charge in [-0.15, -0.1) is 22.9 Å². The van der Waals surface area contributed by atoms with Gasteiger partial charge in [-0.2, -0.15) is 0 Å². The molecule has 0 unspecified atom stereocenters. The number of alkyl halides is 1. The number of rotatable bonds is 4. The first-order valence-electron chi connectivity index (χ1n) is 5.27. The van der Waals surface area contributed by atoms with Crippen LogP contribution in [0.1, 0.15) is 16.1 Å². The molecule has 2 rings (SSSR count). The summed E-state index contributed by atoms with van der Waals surface area (Å²) in [7, 11) is 0. The minimum atomic E-state index is -0.815. The van der Waals surface area contributed by atoms with Crippen molar-refractivity contribution in [3.05, 3.63) is 50.8 Å². The van der Waals surface area contributed by atoms with E-state index in [1.54, 1.807) is 5.38 Å². The van der Waals surface area contributed by atoms with Gasteiger partial charge in [0.2, 0.25) is 0 Å². The van der Waals surface area contributed by atoms with Crippen molar-refractivity contribution >= 4 is 39.7 Å². The van der Waals surface area contributed by atoms with Crippen molar-refractivity contribution in [2.75, 3.05) is 5.32 Å². The Hall–Kier alpha value is -2.06. The Morgan fingerprint density at radius 2 is 2.30 bits per heavy atom. The fourth-order valence-electron chi connectivity index (χ4n) is 1.44. The average molecular weight is 316 g/mol. The predicted molar refractivity (Wildman–Crippen MR) is 72.7 cm³/mol. The van der Waals surface area contributed by atoms with Crippen molar-refractivity contribution < 1.29 is 14.1 Å². The number of hydrogen-bond donors (Lipinski definition) is 1. The van der Waals surface area contributed by atoms with E-state index in [2.05, 4.69) is 10.3 Å².